The van der Waals surface area contributed by atoms with Crippen molar-refractivity contribution in [2.45, 2.75) is 13.0 Å². The quantitative estimate of drug-likeness (QED) is 0.625. The van der Waals surface area contributed by atoms with E-state index in [2.05, 4.69) is 20.3 Å². The summed E-state index contributed by atoms with van der Waals surface area (Å²) >= 11 is 0. The SMILES string of the molecule is CN(Cc1cccc(-c2cnc(NCCc3cccnc3)nc2)c1)C(=O)CN. The zero-order valence-electron chi connectivity index (χ0n) is 15.9. The lowest BCUT2D eigenvalue weighted by molar-refractivity contribution is -0.128. The van der Waals surface area contributed by atoms with Gasteiger partial charge in [0.1, 0.15) is 0 Å². The van der Waals surface area contributed by atoms with E-state index in [9.17, 15) is 4.79 Å². The molecule has 3 aromatic rings. The Balaban J connectivity index is 1.60. The Labute approximate surface area is 164 Å². The standard InChI is InChI=1S/C21H24N6O/c1-27(20(28)11-22)15-17-4-2-6-18(10-17)19-13-25-21(26-14-19)24-9-7-16-5-3-8-23-12-16/h2-6,8,10,12-14H,7,9,11,15,22H2,1H3,(H,24,25,26). The molecule has 0 atom stereocenters. The number of amides is 1. The van der Waals surface area contributed by atoms with Crippen molar-refractivity contribution in [1.82, 2.24) is 19.9 Å². The van der Waals surface area contributed by atoms with Crippen LogP contribution in [0, 0.1) is 0 Å². The Kier molecular flexibility index (Phi) is 6.64. The molecule has 144 valence electrons. The third-order valence-electron chi connectivity index (χ3n) is 4.35. The number of carbonyl (C=O) groups is 1. The van der Waals surface area contributed by atoms with Gasteiger partial charge in [0.05, 0.1) is 6.54 Å². The lowest BCUT2D eigenvalue weighted by Crippen LogP contribution is -2.32. The number of pyridine rings is 1. The van der Waals surface area contributed by atoms with E-state index < -0.39 is 0 Å². The average Bonchev–Trinajstić information content (AvgIpc) is 2.74. The van der Waals surface area contributed by atoms with Crippen LogP contribution >= 0.6 is 0 Å². The minimum absolute atomic E-state index is 0.0132. The van der Waals surface area contributed by atoms with Gasteiger partial charge in [-0.15, -0.1) is 0 Å². The Morgan fingerprint density at radius 3 is 2.57 bits per heavy atom. The second kappa shape index (κ2) is 9.57. The van der Waals surface area contributed by atoms with Crippen molar-refractivity contribution < 1.29 is 4.79 Å². The third-order valence-corrected chi connectivity index (χ3v) is 4.35. The van der Waals surface area contributed by atoms with Crippen LogP contribution in [0.1, 0.15) is 11.1 Å². The molecule has 0 saturated carbocycles. The molecule has 1 amide bonds. The minimum atomic E-state index is -0.0875. The molecule has 2 heterocycles. The summed E-state index contributed by atoms with van der Waals surface area (Å²) in [5.74, 6) is 0.507. The lowest BCUT2D eigenvalue weighted by Gasteiger charge is -2.16. The average molecular weight is 376 g/mol. The number of rotatable bonds is 8. The zero-order valence-corrected chi connectivity index (χ0v) is 15.9. The first-order chi connectivity index (χ1) is 13.7. The number of nitrogens with zero attached hydrogens (tertiary/aromatic N) is 4. The van der Waals surface area contributed by atoms with Crippen molar-refractivity contribution in [1.29, 1.82) is 0 Å². The predicted octanol–water partition coefficient (Wildman–Crippen LogP) is 2.11. The maximum atomic E-state index is 11.7. The molecular formula is C21H24N6O. The van der Waals surface area contributed by atoms with Crippen LogP contribution in [0.5, 0.6) is 0 Å². The van der Waals surface area contributed by atoms with E-state index in [1.807, 2.05) is 42.6 Å². The van der Waals surface area contributed by atoms with Gasteiger partial charge in [0.15, 0.2) is 0 Å². The minimum Gasteiger partial charge on any atom is -0.354 e. The van der Waals surface area contributed by atoms with Crippen molar-refractivity contribution in [3.8, 4) is 11.1 Å². The van der Waals surface area contributed by atoms with E-state index in [-0.39, 0.29) is 12.5 Å². The molecule has 0 saturated heterocycles. The van der Waals surface area contributed by atoms with Gasteiger partial charge < -0.3 is 16.0 Å². The maximum absolute atomic E-state index is 11.7. The highest BCUT2D eigenvalue weighted by atomic mass is 16.2. The molecule has 3 N–H and O–H groups in total. The molecule has 0 fully saturated rings. The van der Waals surface area contributed by atoms with Crippen molar-refractivity contribution in [2.24, 2.45) is 5.73 Å². The molecular weight excluding hydrogens is 352 g/mol. The monoisotopic (exact) mass is 376 g/mol. The molecule has 0 aliphatic rings. The Morgan fingerprint density at radius 1 is 1.07 bits per heavy atom. The van der Waals surface area contributed by atoms with Gasteiger partial charge in [-0.1, -0.05) is 24.3 Å². The topological polar surface area (TPSA) is 97.0 Å². The smallest absolute Gasteiger partial charge is 0.236 e. The van der Waals surface area contributed by atoms with Gasteiger partial charge in [0, 0.05) is 50.5 Å². The molecule has 0 unspecified atom stereocenters. The Bertz CT molecular complexity index is 898. The fourth-order valence-electron chi connectivity index (χ4n) is 2.80. The van der Waals surface area contributed by atoms with E-state index in [1.54, 1.807) is 30.5 Å². The van der Waals surface area contributed by atoms with Gasteiger partial charge in [0.25, 0.3) is 0 Å². The number of benzene rings is 1. The van der Waals surface area contributed by atoms with Crippen LogP contribution in [-0.2, 0) is 17.8 Å². The van der Waals surface area contributed by atoms with E-state index in [0.717, 1.165) is 29.7 Å². The molecule has 0 spiro atoms. The first kappa shape index (κ1) is 19.4. The zero-order chi connectivity index (χ0) is 19.8. The molecule has 2 aromatic heterocycles. The number of hydrogen-bond donors (Lipinski definition) is 2. The fraction of sp³-hybridized carbons (Fsp3) is 0.238. The Morgan fingerprint density at radius 2 is 1.86 bits per heavy atom. The first-order valence-corrected chi connectivity index (χ1v) is 9.14. The molecule has 0 bridgehead atoms. The lowest BCUT2D eigenvalue weighted by atomic mass is 10.1. The summed E-state index contributed by atoms with van der Waals surface area (Å²) in [6.07, 6.45) is 8.08. The number of aromatic nitrogens is 3. The highest BCUT2D eigenvalue weighted by Gasteiger charge is 2.08. The van der Waals surface area contributed by atoms with Gasteiger partial charge in [-0.3, -0.25) is 9.78 Å². The summed E-state index contributed by atoms with van der Waals surface area (Å²) in [4.78, 5) is 26.2. The summed E-state index contributed by atoms with van der Waals surface area (Å²) in [7, 11) is 1.75. The molecule has 0 aliphatic heterocycles. The van der Waals surface area contributed by atoms with Gasteiger partial charge in [-0.05, 0) is 35.2 Å². The van der Waals surface area contributed by atoms with E-state index in [1.165, 1.54) is 5.56 Å². The van der Waals surface area contributed by atoms with Gasteiger partial charge in [-0.2, -0.15) is 0 Å². The largest absolute Gasteiger partial charge is 0.354 e. The third kappa shape index (κ3) is 5.34. The first-order valence-electron chi connectivity index (χ1n) is 9.14. The van der Waals surface area contributed by atoms with Crippen LogP contribution in [0.25, 0.3) is 11.1 Å². The fourth-order valence-corrected chi connectivity index (χ4v) is 2.80. The number of hydrogen-bond acceptors (Lipinski definition) is 6. The number of nitrogens with one attached hydrogen (secondary N) is 1. The van der Waals surface area contributed by atoms with Crippen molar-refractivity contribution in [2.75, 3.05) is 25.5 Å². The normalized spacial score (nSPS) is 10.5. The molecule has 28 heavy (non-hydrogen) atoms. The van der Waals surface area contributed by atoms with E-state index in [0.29, 0.717) is 12.5 Å². The summed E-state index contributed by atoms with van der Waals surface area (Å²) in [6, 6.07) is 12.0. The van der Waals surface area contributed by atoms with Gasteiger partial charge >= 0.3 is 0 Å². The maximum Gasteiger partial charge on any atom is 0.236 e. The van der Waals surface area contributed by atoms with Crippen LogP contribution in [0.15, 0.2) is 61.2 Å². The Hall–Kier alpha value is -3.32. The molecule has 7 heteroatoms. The number of anilines is 1. The number of carbonyl (C=O) groups excluding carboxylic acids is 1. The van der Waals surface area contributed by atoms with Crippen molar-refractivity contribution in [3.05, 3.63) is 72.3 Å². The van der Waals surface area contributed by atoms with Crippen LogP contribution in [0.3, 0.4) is 0 Å². The van der Waals surface area contributed by atoms with E-state index in [4.69, 9.17) is 5.73 Å². The van der Waals surface area contributed by atoms with Crippen molar-refractivity contribution >= 4 is 11.9 Å². The second-order valence-electron chi connectivity index (χ2n) is 6.49. The second-order valence-corrected chi connectivity index (χ2v) is 6.49. The number of nitrogens with two attached hydrogens (primary N) is 1. The van der Waals surface area contributed by atoms with E-state index >= 15 is 0 Å². The van der Waals surface area contributed by atoms with Crippen molar-refractivity contribution in [3.63, 3.8) is 0 Å². The highest BCUT2D eigenvalue weighted by molar-refractivity contribution is 5.77. The molecule has 1 aromatic carbocycles. The summed E-state index contributed by atoms with van der Waals surface area (Å²) in [6.45, 7) is 1.26. The van der Waals surface area contributed by atoms with Gasteiger partial charge in [0.2, 0.25) is 11.9 Å². The molecule has 3 rings (SSSR count). The summed E-state index contributed by atoms with van der Waals surface area (Å²) in [5.41, 5.74) is 9.54. The van der Waals surface area contributed by atoms with Crippen LogP contribution in [0.2, 0.25) is 0 Å². The van der Waals surface area contributed by atoms with Crippen LogP contribution in [0.4, 0.5) is 5.95 Å². The highest BCUT2D eigenvalue weighted by Crippen LogP contribution is 2.20. The van der Waals surface area contributed by atoms with Crippen LogP contribution < -0.4 is 11.1 Å². The molecule has 0 aliphatic carbocycles. The molecule has 7 nitrogen and oxygen atoms in total. The van der Waals surface area contributed by atoms with Crippen LogP contribution in [-0.4, -0.2) is 45.9 Å². The summed E-state index contributed by atoms with van der Waals surface area (Å²) < 4.78 is 0. The number of likely N-dealkylation sites (N-methyl/N-ethyl adjacent to an activating group) is 1. The van der Waals surface area contributed by atoms with Gasteiger partial charge in [-0.25, -0.2) is 9.97 Å². The summed E-state index contributed by atoms with van der Waals surface area (Å²) in [5, 5.41) is 3.22. The molecule has 0 radical (unpaired) electrons. The predicted molar refractivity (Wildman–Crippen MR) is 109 cm³/mol.